The molecule has 0 saturated heterocycles. The van der Waals surface area contributed by atoms with Crippen LogP contribution in [0, 0.1) is 6.92 Å². The summed E-state index contributed by atoms with van der Waals surface area (Å²) in [6.07, 6.45) is 9.15. The predicted octanol–water partition coefficient (Wildman–Crippen LogP) is 4.97. The Balaban J connectivity index is 2.01. The first-order chi connectivity index (χ1) is 8.86. The molecule has 1 fully saturated rings. The molecule has 94 valence electrons. The number of aromatic nitrogens is 1. The molecule has 2 aromatic rings. The number of nitrogens with zero attached hydrogens (tertiary/aromatic N) is 1. The average Bonchev–Trinajstić information content (AvgIpc) is 2.83. The van der Waals surface area contributed by atoms with Crippen LogP contribution in [-0.4, -0.2) is 4.57 Å². The molecule has 1 nitrogen and oxygen atoms in total. The standard InChI is InChI=1S/C17H21N/c1-14-12-13-18(16-10-6-3-7-11-16)17(14)15-8-4-2-5-9-15/h2,4-5,8-9,12-13,16H,3,6-7,10-11H2,1H3. The van der Waals surface area contributed by atoms with Gasteiger partial charge in [0.25, 0.3) is 0 Å². The lowest BCUT2D eigenvalue weighted by Crippen LogP contribution is -2.13. The van der Waals surface area contributed by atoms with E-state index in [1.807, 2.05) is 0 Å². The molecular formula is C17H21N. The van der Waals surface area contributed by atoms with Crippen molar-refractivity contribution in [3.8, 4) is 11.3 Å². The molecule has 0 amide bonds. The van der Waals surface area contributed by atoms with Gasteiger partial charge < -0.3 is 4.57 Å². The van der Waals surface area contributed by atoms with Gasteiger partial charge in [0.2, 0.25) is 0 Å². The highest BCUT2D eigenvalue weighted by Gasteiger charge is 2.18. The number of aryl methyl sites for hydroxylation is 1. The summed E-state index contributed by atoms with van der Waals surface area (Å²) < 4.78 is 2.52. The normalized spacial score (nSPS) is 16.9. The monoisotopic (exact) mass is 239 g/mol. The zero-order valence-corrected chi connectivity index (χ0v) is 11.1. The summed E-state index contributed by atoms with van der Waals surface area (Å²) in [5.74, 6) is 0. The Bertz CT molecular complexity index is 504. The smallest absolute Gasteiger partial charge is 0.0512 e. The summed E-state index contributed by atoms with van der Waals surface area (Å²) in [6, 6.07) is 13.8. The van der Waals surface area contributed by atoms with E-state index in [-0.39, 0.29) is 0 Å². The van der Waals surface area contributed by atoms with Crippen molar-refractivity contribution in [1.29, 1.82) is 0 Å². The topological polar surface area (TPSA) is 4.93 Å². The summed E-state index contributed by atoms with van der Waals surface area (Å²) in [7, 11) is 0. The minimum atomic E-state index is 0.711. The van der Waals surface area contributed by atoms with Gasteiger partial charge in [-0.25, -0.2) is 0 Å². The van der Waals surface area contributed by atoms with Crippen molar-refractivity contribution in [3.63, 3.8) is 0 Å². The van der Waals surface area contributed by atoms with Crippen molar-refractivity contribution < 1.29 is 0 Å². The summed E-state index contributed by atoms with van der Waals surface area (Å²) in [4.78, 5) is 0. The predicted molar refractivity (Wildman–Crippen MR) is 76.7 cm³/mol. The minimum absolute atomic E-state index is 0.711. The van der Waals surface area contributed by atoms with Crippen LogP contribution in [0.25, 0.3) is 11.3 Å². The maximum Gasteiger partial charge on any atom is 0.0512 e. The molecule has 1 aromatic carbocycles. The maximum atomic E-state index is 2.52. The summed E-state index contributed by atoms with van der Waals surface area (Å²) in [5.41, 5.74) is 4.17. The fraction of sp³-hybridized carbons (Fsp3) is 0.412. The molecule has 0 unspecified atom stereocenters. The van der Waals surface area contributed by atoms with Crippen LogP contribution in [0.4, 0.5) is 0 Å². The van der Waals surface area contributed by atoms with Crippen LogP contribution in [0.1, 0.15) is 43.7 Å². The first kappa shape index (κ1) is 11.6. The van der Waals surface area contributed by atoms with Crippen LogP contribution in [-0.2, 0) is 0 Å². The van der Waals surface area contributed by atoms with Gasteiger partial charge in [0.05, 0.1) is 5.69 Å². The van der Waals surface area contributed by atoms with E-state index in [2.05, 4.69) is 54.1 Å². The molecule has 1 aromatic heterocycles. The molecule has 0 bridgehead atoms. The third-order valence-electron chi connectivity index (χ3n) is 4.13. The average molecular weight is 239 g/mol. The molecule has 0 aliphatic heterocycles. The molecule has 1 heteroatoms. The molecule has 1 saturated carbocycles. The molecule has 3 rings (SSSR count). The lowest BCUT2D eigenvalue weighted by Gasteiger charge is -2.26. The van der Waals surface area contributed by atoms with E-state index in [1.165, 1.54) is 48.9 Å². The van der Waals surface area contributed by atoms with Crippen LogP contribution in [0.15, 0.2) is 42.6 Å². The maximum absolute atomic E-state index is 2.52. The van der Waals surface area contributed by atoms with E-state index in [1.54, 1.807) is 0 Å². The Morgan fingerprint density at radius 3 is 2.39 bits per heavy atom. The van der Waals surface area contributed by atoms with Gasteiger partial charge in [-0.15, -0.1) is 0 Å². The number of hydrogen-bond donors (Lipinski definition) is 0. The first-order valence-electron chi connectivity index (χ1n) is 7.09. The summed E-state index contributed by atoms with van der Waals surface area (Å²) in [5, 5.41) is 0. The zero-order chi connectivity index (χ0) is 12.4. The fourth-order valence-electron chi connectivity index (χ4n) is 3.19. The van der Waals surface area contributed by atoms with E-state index < -0.39 is 0 Å². The van der Waals surface area contributed by atoms with E-state index in [4.69, 9.17) is 0 Å². The second kappa shape index (κ2) is 5.01. The molecular weight excluding hydrogens is 218 g/mol. The van der Waals surface area contributed by atoms with Crippen LogP contribution >= 0.6 is 0 Å². The SMILES string of the molecule is Cc1ccn(C2CCCCC2)c1-c1ccccc1. The van der Waals surface area contributed by atoms with Crippen molar-refractivity contribution in [3.05, 3.63) is 48.2 Å². The van der Waals surface area contributed by atoms with Gasteiger partial charge in [-0.1, -0.05) is 49.6 Å². The molecule has 18 heavy (non-hydrogen) atoms. The molecule has 0 radical (unpaired) electrons. The molecule has 0 N–H and O–H groups in total. The Morgan fingerprint density at radius 2 is 1.67 bits per heavy atom. The zero-order valence-electron chi connectivity index (χ0n) is 11.1. The van der Waals surface area contributed by atoms with Crippen LogP contribution in [0.2, 0.25) is 0 Å². The summed E-state index contributed by atoms with van der Waals surface area (Å²) >= 11 is 0. The van der Waals surface area contributed by atoms with E-state index >= 15 is 0 Å². The Hall–Kier alpha value is -1.50. The Kier molecular flexibility index (Phi) is 3.22. The molecule has 0 spiro atoms. The second-order valence-electron chi connectivity index (χ2n) is 5.41. The lowest BCUT2D eigenvalue weighted by atomic mass is 9.94. The summed E-state index contributed by atoms with van der Waals surface area (Å²) in [6.45, 7) is 2.22. The lowest BCUT2D eigenvalue weighted by molar-refractivity contribution is 0.356. The van der Waals surface area contributed by atoms with Crippen LogP contribution in [0.3, 0.4) is 0 Å². The minimum Gasteiger partial charge on any atom is -0.344 e. The third-order valence-corrected chi connectivity index (χ3v) is 4.13. The highest BCUT2D eigenvalue weighted by molar-refractivity contribution is 5.64. The molecule has 1 heterocycles. The quantitative estimate of drug-likeness (QED) is 0.697. The fourth-order valence-corrected chi connectivity index (χ4v) is 3.19. The Morgan fingerprint density at radius 1 is 0.944 bits per heavy atom. The van der Waals surface area contributed by atoms with Gasteiger partial charge in [-0.05, 0) is 37.0 Å². The van der Waals surface area contributed by atoms with Crippen molar-refractivity contribution in [2.45, 2.75) is 45.1 Å². The van der Waals surface area contributed by atoms with Crippen molar-refractivity contribution >= 4 is 0 Å². The molecule has 0 atom stereocenters. The van der Waals surface area contributed by atoms with Gasteiger partial charge >= 0.3 is 0 Å². The molecule has 1 aliphatic carbocycles. The number of rotatable bonds is 2. The number of benzene rings is 1. The van der Waals surface area contributed by atoms with Gasteiger partial charge in [-0.3, -0.25) is 0 Å². The molecule has 1 aliphatic rings. The highest BCUT2D eigenvalue weighted by Crippen LogP contribution is 2.34. The third kappa shape index (κ3) is 2.10. The van der Waals surface area contributed by atoms with E-state index in [0.717, 1.165) is 0 Å². The number of hydrogen-bond acceptors (Lipinski definition) is 0. The van der Waals surface area contributed by atoms with Gasteiger partial charge in [0, 0.05) is 12.2 Å². The van der Waals surface area contributed by atoms with E-state index in [0.29, 0.717) is 6.04 Å². The van der Waals surface area contributed by atoms with Gasteiger partial charge in [-0.2, -0.15) is 0 Å². The van der Waals surface area contributed by atoms with Crippen molar-refractivity contribution in [1.82, 2.24) is 4.57 Å². The van der Waals surface area contributed by atoms with Crippen molar-refractivity contribution in [2.75, 3.05) is 0 Å². The van der Waals surface area contributed by atoms with Gasteiger partial charge in [0.15, 0.2) is 0 Å². The Labute approximate surface area is 109 Å². The second-order valence-corrected chi connectivity index (χ2v) is 5.41. The van der Waals surface area contributed by atoms with Crippen molar-refractivity contribution in [2.24, 2.45) is 0 Å². The first-order valence-corrected chi connectivity index (χ1v) is 7.09. The van der Waals surface area contributed by atoms with Crippen LogP contribution in [0.5, 0.6) is 0 Å². The van der Waals surface area contributed by atoms with E-state index in [9.17, 15) is 0 Å². The highest BCUT2D eigenvalue weighted by atomic mass is 15.0. The largest absolute Gasteiger partial charge is 0.344 e. The van der Waals surface area contributed by atoms with Gasteiger partial charge in [0.1, 0.15) is 0 Å². The van der Waals surface area contributed by atoms with Crippen LogP contribution < -0.4 is 0 Å².